The summed E-state index contributed by atoms with van der Waals surface area (Å²) in [6.07, 6.45) is 5.22. The number of nitrogens with zero attached hydrogens (tertiary/aromatic N) is 2. The van der Waals surface area contributed by atoms with Crippen molar-refractivity contribution in [1.29, 1.82) is 0 Å². The molecule has 29 heavy (non-hydrogen) atoms. The van der Waals surface area contributed by atoms with Crippen LogP contribution in [-0.4, -0.2) is 30.7 Å². The Morgan fingerprint density at radius 2 is 1.69 bits per heavy atom. The minimum absolute atomic E-state index is 0.180. The third-order valence-electron chi connectivity index (χ3n) is 6.68. The topological polar surface area (TPSA) is 43.3 Å². The van der Waals surface area contributed by atoms with E-state index < -0.39 is 0 Å². The normalized spacial score (nSPS) is 27.7. The molecule has 1 spiro atoms. The zero-order valence-corrected chi connectivity index (χ0v) is 17.4. The van der Waals surface area contributed by atoms with Gasteiger partial charge in [0.1, 0.15) is 17.2 Å². The number of hydrogen-bond donors (Lipinski definition) is 0. The molecule has 0 saturated heterocycles. The number of hydrazone groups is 1. The number of benzene rings is 2. The molecule has 0 radical (unpaired) electrons. The van der Waals surface area contributed by atoms with E-state index in [2.05, 4.69) is 36.2 Å². The van der Waals surface area contributed by atoms with Crippen LogP contribution in [0.3, 0.4) is 0 Å². The standard InChI is InChI=1S/C24H28N2O3/c1-16-10-12-24(13-11-16)26-22(20-14-19(28-3)8-9-23(20)29-24)15-21(25-26)17-4-6-18(27-2)7-5-17/h4-9,14,16,22H,10-13,15H2,1-3H3. The van der Waals surface area contributed by atoms with Gasteiger partial charge in [-0.2, -0.15) is 5.10 Å². The zero-order valence-electron chi connectivity index (χ0n) is 17.4. The van der Waals surface area contributed by atoms with Gasteiger partial charge in [0.15, 0.2) is 5.72 Å². The van der Waals surface area contributed by atoms with E-state index >= 15 is 0 Å². The zero-order chi connectivity index (χ0) is 20.0. The second-order valence-corrected chi connectivity index (χ2v) is 8.47. The molecule has 1 unspecified atom stereocenters. The van der Waals surface area contributed by atoms with Gasteiger partial charge in [0.2, 0.25) is 0 Å². The van der Waals surface area contributed by atoms with E-state index in [-0.39, 0.29) is 11.8 Å². The van der Waals surface area contributed by atoms with Crippen molar-refractivity contribution in [3.05, 3.63) is 53.6 Å². The fourth-order valence-electron chi connectivity index (χ4n) is 4.89. The van der Waals surface area contributed by atoms with Gasteiger partial charge >= 0.3 is 0 Å². The smallest absolute Gasteiger partial charge is 0.198 e. The average Bonchev–Trinajstić information content (AvgIpc) is 3.22. The van der Waals surface area contributed by atoms with Crippen LogP contribution in [0.2, 0.25) is 0 Å². The molecule has 1 aliphatic carbocycles. The van der Waals surface area contributed by atoms with Crippen molar-refractivity contribution in [3.8, 4) is 17.2 Å². The van der Waals surface area contributed by atoms with Crippen LogP contribution < -0.4 is 14.2 Å². The summed E-state index contributed by atoms with van der Waals surface area (Å²) in [7, 11) is 3.40. The minimum atomic E-state index is -0.340. The first-order chi connectivity index (χ1) is 14.1. The van der Waals surface area contributed by atoms with Crippen LogP contribution in [0.4, 0.5) is 0 Å². The van der Waals surface area contributed by atoms with E-state index in [1.807, 2.05) is 18.2 Å². The summed E-state index contributed by atoms with van der Waals surface area (Å²) in [5.74, 6) is 3.44. The highest BCUT2D eigenvalue weighted by molar-refractivity contribution is 6.02. The van der Waals surface area contributed by atoms with Gasteiger partial charge in [0, 0.05) is 24.8 Å². The predicted molar refractivity (Wildman–Crippen MR) is 113 cm³/mol. The summed E-state index contributed by atoms with van der Waals surface area (Å²) in [4.78, 5) is 0. The molecular weight excluding hydrogens is 364 g/mol. The Bertz CT molecular complexity index is 930. The van der Waals surface area contributed by atoms with E-state index in [1.54, 1.807) is 14.2 Å². The van der Waals surface area contributed by atoms with Gasteiger partial charge in [-0.3, -0.25) is 0 Å². The Hall–Kier alpha value is -2.69. The Labute approximate surface area is 172 Å². The lowest BCUT2D eigenvalue weighted by atomic mass is 9.82. The SMILES string of the molecule is COc1ccc(C2=NN3C(C2)c2cc(OC)ccc2OC32CCC(C)CC2)cc1. The summed E-state index contributed by atoms with van der Waals surface area (Å²) in [5.41, 5.74) is 3.08. The van der Waals surface area contributed by atoms with Gasteiger partial charge in [-0.15, -0.1) is 0 Å². The molecule has 2 heterocycles. The van der Waals surface area contributed by atoms with Gasteiger partial charge in [-0.25, -0.2) is 5.01 Å². The van der Waals surface area contributed by atoms with Crippen LogP contribution in [0.15, 0.2) is 47.6 Å². The molecule has 0 N–H and O–H groups in total. The monoisotopic (exact) mass is 392 g/mol. The molecule has 5 rings (SSSR count). The molecule has 1 saturated carbocycles. The summed E-state index contributed by atoms with van der Waals surface area (Å²) < 4.78 is 17.5. The molecule has 0 aromatic heterocycles. The van der Waals surface area contributed by atoms with Crippen molar-refractivity contribution in [3.63, 3.8) is 0 Å². The average molecular weight is 392 g/mol. The molecule has 2 aromatic carbocycles. The van der Waals surface area contributed by atoms with Crippen molar-refractivity contribution >= 4 is 5.71 Å². The van der Waals surface area contributed by atoms with Crippen LogP contribution in [0.1, 0.15) is 56.2 Å². The van der Waals surface area contributed by atoms with Crippen molar-refractivity contribution in [2.45, 2.75) is 50.8 Å². The lowest BCUT2D eigenvalue weighted by Gasteiger charge is -2.50. The van der Waals surface area contributed by atoms with Crippen molar-refractivity contribution < 1.29 is 14.2 Å². The first kappa shape index (κ1) is 18.3. The maximum Gasteiger partial charge on any atom is 0.198 e. The molecule has 2 aromatic rings. The fraction of sp³-hybridized carbons (Fsp3) is 0.458. The van der Waals surface area contributed by atoms with Gasteiger partial charge in [-0.05, 0) is 66.8 Å². The maximum atomic E-state index is 6.69. The predicted octanol–water partition coefficient (Wildman–Crippen LogP) is 5.15. The van der Waals surface area contributed by atoms with Crippen molar-refractivity contribution in [2.24, 2.45) is 11.0 Å². The first-order valence-corrected chi connectivity index (χ1v) is 10.5. The lowest BCUT2D eigenvalue weighted by molar-refractivity contribution is -0.145. The number of rotatable bonds is 3. The summed E-state index contributed by atoms with van der Waals surface area (Å²) >= 11 is 0. The number of hydrogen-bond acceptors (Lipinski definition) is 5. The highest BCUT2D eigenvalue weighted by Gasteiger charge is 2.51. The molecular formula is C24H28N2O3. The van der Waals surface area contributed by atoms with E-state index in [1.165, 1.54) is 18.4 Å². The second kappa shape index (κ2) is 6.97. The minimum Gasteiger partial charge on any atom is -0.497 e. The Balaban J connectivity index is 1.56. The molecule has 2 aliphatic heterocycles. The van der Waals surface area contributed by atoms with E-state index in [0.717, 1.165) is 53.7 Å². The molecule has 3 aliphatic rings. The number of ether oxygens (including phenoxy) is 3. The van der Waals surface area contributed by atoms with Crippen LogP contribution in [0, 0.1) is 5.92 Å². The van der Waals surface area contributed by atoms with Gasteiger partial charge in [-0.1, -0.05) is 6.92 Å². The fourth-order valence-corrected chi connectivity index (χ4v) is 4.89. The van der Waals surface area contributed by atoms with Crippen LogP contribution >= 0.6 is 0 Å². The maximum absolute atomic E-state index is 6.69. The number of methoxy groups -OCH3 is 2. The van der Waals surface area contributed by atoms with Crippen LogP contribution in [0.5, 0.6) is 17.2 Å². The van der Waals surface area contributed by atoms with Crippen LogP contribution in [-0.2, 0) is 0 Å². The van der Waals surface area contributed by atoms with E-state index in [0.29, 0.717) is 0 Å². The molecule has 5 heteroatoms. The summed E-state index contributed by atoms with van der Waals surface area (Å²) in [5, 5.41) is 7.40. The molecule has 0 amide bonds. The molecule has 5 nitrogen and oxygen atoms in total. The second-order valence-electron chi connectivity index (χ2n) is 8.47. The third-order valence-corrected chi connectivity index (χ3v) is 6.68. The molecule has 1 fully saturated rings. The van der Waals surface area contributed by atoms with Gasteiger partial charge in [0.05, 0.1) is 26.0 Å². The van der Waals surface area contributed by atoms with Gasteiger partial charge in [0.25, 0.3) is 0 Å². The molecule has 152 valence electrons. The third kappa shape index (κ3) is 3.04. The molecule has 1 atom stereocenters. The van der Waals surface area contributed by atoms with Crippen molar-refractivity contribution in [2.75, 3.05) is 14.2 Å². The quantitative estimate of drug-likeness (QED) is 0.724. The Kier molecular flexibility index (Phi) is 4.41. The van der Waals surface area contributed by atoms with E-state index in [9.17, 15) is 0 Å². The Morgan fingerprint density at radius 1 is 1.00 bits per heavy atom. The number of fused-ring (bicyclic) bond motifs is 4. The molecule has 0 bridgehead atoms. The van der Waals surface area contributed by atoms with Crippen LogP contribution in [0.25, 0.3) is 0 Å². The lowest BCUT2D eigenvalue weighted by Crippen LogP contribution is -2.55. The first-order valence-electron chi connectivity index (χ1n) is 10.5. The highest BCUT2D eigenvalue weighted by atomic mass is 16.5. The highest BCUT2D eigenvalue weighted by Crippen LogP contribution is 2.52. The largest absolute Gasteiger partial charge is 0.497 e. The summed E-state index contributed by atoms with van der Waals surface area (Å²) in [6.45, 7) is 2.34. The summed E-state index contributed by atoms with van der Waals surface area (Å²) in [6, 6.07) is 14.5. The Morgan fingerprint density at radius 3 is 2.38 bits per heavy atom. The van der Waals surface area contributed by atoms with Gasteiger partial charge < -0.3 is 14.2 Å². The van der Waals surface area contributed by atoms with Crippen molar-refractivity contribution in [1.82, 2.24) is 5.01 Å². The van der Waals surface area contributed by atoms with E-state index in [4.69, 9.17) is 19.3 Å².